The summed E-state index contributed by atoms with van der Waals surface area (Å²) in [5.41, 5.74) is 8.02. The zero-order valence-corrected chi connectivity index (χ0v) is 12.1. The Balaban J connectivity index is 2.06. The van der Waals surface area contributed by atoms with Crippen molar-refractivity contribution in [2.24, 2.45) is 5.73 Å². The average Bonchev–Trinajstić information content (AvgIpc) is 2.79. The van der Waals surface area contributed by atoms with Crippen molar-refractivity contribution in [2.75, 3.05) is 13.1 Å². The van der Waals surface area contributed by atoms with Crippen LogP contribution < -0.4 is 11.1 Å². The first-order valence-corrected chi connectivity index (χ1v) is 6.94. The minimum atomic E-state index is 0.0461. The molecule has 3 N–H and O–H groups in total. The Kier molecular flexibility index (Phi) is 4.27. The first-order valence-electron chi connectivity index (χ1n) is 6.94. The Hall–Kier alpha value is -1.32. The van der Waals surface area contributed by atoms with E-state index in [1.165, 1.54) is 10.9 Å². The minimum Gasteiger partial charge on any atom is -0.464 e. The molecule has 0 saturated heterocycles. The maximum absolute atomic E-state index is 5.76. The Labute approximate surface area is 115 Å². The number of hydrogen-bond donors (Lipinski definition) is 2. The largest absolute Gasteiger partial charge is 0.464 e. The SMILES string of the molecule is CC(N)CCNCC(C)(C)c1coc2ccccc12. The van der Waals surface area contributed by atoms with Crippen LogP contribution in [-0.2, 0) is 5.41 Å². The monoisotopic (exact) mass is 260 g/mol. The first-order chi connectivity index (χ1) is 9.00. The van der Waals surface area contributed by atoms with Gasteiger partial charge in [0.2, 0.25) is 0 Å². The quantitative estimate of drug-likeness (QED) is 0.785. The van der Waals surface area contributed by atoms with Gasteiger partial charge in [0.05, 0.1) is 6.26 Å². The minimum absolute atomic E-state index is 0.0461. The fourth-order valence-corrected chi connectivity index (χ4v) is 2.33. The smallest absolute Gasteiger partial charge is 0.134 e. The van der Waals surface area contributed by atoms with Gasteiger partial charge in [-0.1, -0.05) is 32.0 Å². The van der Waals surface area contributed by atoms with Crippen LogP contribution in [0.2, 0.25) is 0 Å². The van der Waals surface area contributed by atoms with Gasteiger partial charge in [-0.3, -0.25) is 0 Å². The molecule has 0 saturated carbocycles. The molecule has 0 spiro atoms. The molecular formula is C16H24N2O. The van der Waals surface area contributed by atoms with Crippen LogP contribution in [0.15, 0.2) is 34.9 Å². The zero-order valence-electron chi connectivity index (χ0n) is 12.1. The predicted octanol–water partition coefficient (Wildman–Crippen LogP) is 3.04. The number of nitrogens with one attached hydrogen (secondary N) is 1. The van der Waals surface area contributed by atoms with Crippen LogP contribution in [0, 0.1) is 0 Å². The second kappa shape index (κ2) is 5.76. The Bertz CT molecular complexity index is 528. The van der Waals surface area contributed by atoms with Crippen LogP contribution >= 0.6 is 0 Å². The Morgan fingerprint density at radius 2 is 2.05 bits per heavy atom. The summed E-state index contributed by atoms with van der Waals surface area (Å²) in [6, 6.07) is 8.45. The molecular weight excluding hydrogens is 236 g/mol. The number of benzene rings is 1. The van der Waals surface area contributed by atoms with Gasteiger partial charge in [0.25, 0.3) is 0 Å². The molecule has 3 nitrogen and oxygen atoms in total. The second-order valence-electron chi connectivity index (χ2n) is 5.97. The third kappa shape index (κ3) is 3.37. The predicted molar refractivity (Wildman–Crippen MR) is 80.4 cm³/mol. The molecule has 0 aliphatic carbocycles. The van der Waals surface area contributed by atoms with Gasteiger partial charge in [-0.05, 0) is 26.0 Å². The summed E-state index contributed by atoms with van der Waals surface area (Å²) >= 11 is 0. The molecule has 1 aromatic heterocycles. The number of para-hydroxylation sites is 1. The third-order valence-electron chi connectivity index (χ3n) is 3.55. The molecule has 0 fully saturated rings. The van der Waals surface area contributed by atoms with Crippen molar-refractivity contribution in [3.8, 4) is 0 Å². The lowest BCUT2D eigenvalue weighted by atomic mass is 9.84. The molecule has 1 atom stereocenters. The van der Waals surface area contributed by atoms with Gasteiger partial charge < -0.3 is 15.5 Å². The fraction of sp³-hybridized carbons (Fsp3) is 0.500. The summed E-state index contributed by atoms with van der Waals surface area (Å²) in [5.74, 6) is 0. The van der Waals surface area contributed by atoms with E-state index >= 15 is 0 Å². The van der Waals surface area contributed by atoms with E-state index in [0.717, 1.165) is 25.1 Å². The van der Waals surface area contributed by atoms with Gasteiger partial charge in [-0.2, -0.15) is 0 Å². The van der Waals surface area contributed by atoms with Crippen molar-refractivity contribution in [1.82, 2.24) is 5.32 Å². The number of rotatable bonds is 6. The van der Waals surface area contributed by atoms with Crippen molar-refractivity contribution in [2.45, 2.75) is 38.6 Å². The van der Waals surface area contributed by atoms with Crippen LogP contribution in [0.5, 0.6) is 0 Å². The van der Waals surface area contributed by atoms with Gasteiger partial charge >= 0.3 is 0 Å². The van der Waals surface area contributed by atoms with E-state index in [4.69, 9.17) is 10.2 Å². The molecule has 0 bridgehead atoms. The summed E-state index contributed by atoms with van der Waals surface area (Å²) in [5, 5.41) is 4.70. The molecule has 1 aromatic carbocycles. The van der Waals surface area contributed by atoms with Crippen LogP contribution in [0.1, 0.15) is 32.8 Å². The number of furan rings is 1. The molecule has 0 aliphatic heterocycles. The highest BCUT2D eigenvalue weighted by molar-refractivity contribution is 5.82. The average molecular weight is 260 g/mol. The molecule has 0 aliphatic rings. The normalized spacial score (nSPS) is 13.9. The van der Waals surface area contributed by atoms with Crippen molar-refractivity contribution >= 4 is 11.0 Å². The maximum Gasteiger partial charge on any atom is 0.134 e. The molecule has 3 heteroatoms. The van der Waals surface area contributed by atoms with Gasteiger partial charge in [0, 0.05) is 29.0 Å². The highest BCUT2D eigenvalue weighted by Crippen LogP contribution is 2.31. The van der Waals surface area contributed by atoms with Crippen LogP contribution in [0.25, 0.3) is 11.0 Å². The standard InChI is InChI=1S/C16H24N2O/c1-12(17)8-9-18-11-16(2,3)14-10-19-15-7-5-4-6-13(14)15/h4-7,10,12,18H,8-9,11,17H2,1-3H3. The fourth-order valence-electron chi connectivity index (χ4n) is 2.33. The highest BCUT2D eigenvalue weighted by atomic mass is 16.3. The van der Waals surface area contributed by atoms with Crippen molar-refractivity contribution in [1.29, 1.82) is 0 Å². The van der Waals surface area contributed by atoms with Crippen LogP contribution in [0.3, 0.4) is 0 Å². The Morgan fingerprint density at radius 3 is 2.79 bits per heavy atom. The van der Waals surface area contributed by atoms with Gasteiger partial charge in [-0.25, -0.2) is 0 Å². The lowest BCUT2D eigenvalue weighted by molar-refractivity contribution is 0.454. The van der Waals surface area contributed by atoms with Crippen molar-refractivity contribution < 1.29 is 4.42 Å². The van der Waals surface area contributed by atoms with E-state index in [1.54, 1.807) is 0 Å². The lowest BCUT2D eigenvalue weighted by Crippen LogP contribution is -2.34. The molecule has 1 heterocycles. The lowest BCUT2D eigenvalue weighted by Gasteiger charge is -2.24. The molecule has 0 radical (unpaired) electrons. The molecule has 0 amide bonds. The molecule has 104 valence electrons. The summed E-state index contributed by atoms with van der Waals surface area (Å²) in [6.45, 7) is 8.39. The second-order valence-corrected chi connectivity index (χ2v) is 5.97. The molecule has 19 heavy (non-hydrogen) atoms. The van der Waals surface area contributed by atoms with Gasteiger partial charge in [0.15, 0.2) is 0 Å². The zero-order chi connectivity index (χ0) is 13.9. The van der Waals surface area contributed by atoms with Gasteiger partial charge in [-0.15, -0.1) is 0 Å². The first kappa shape index (κ1) is 14.1. The molecule has 2 aromatic rings. The summed E-state index contributed by atoms with van der Waals surface area (Å²) in [7, 11) is 0. The van der Waals surface area contributed by atoms with Crippen LogP contribution in [-0.4, -0.2) is 19.1 Å². The number of nitrogens with two attached hydrogens (primary N) is 1. The maximum atomic E-state index is 5.76. The molecule has 2 rings (SSSR count). The van der Waals surface area contributed by atoms with E-state index in [2.05, 4.69) is 31.3 Å². The molecule has 1 unspecified atom stereocenters. The van der Waals surface area contributed by atoms with Crippen molar-refractivity contribution in [3.63, 3.8) is 0 Å². The van der Waals surface area contributed by atoms with E-state index in [9.17, 15) is 0 Å². The Morgan fingerprint density at radius 1 is 1.32 bits per heavy atom. The van der Waals surface area contributed by atoms with E-state index < -0.39 is 0 Å². The summed E-state index contributed by atoms with van der Waals surface area (Å²) in [6.07, 6.45) is 2.89. The van der Waals surface area contributed by atoms with Gasteiger partial charge in [0.1, 0.15) is 5.58 Å². The third-order valence-corrected chi connectivity index (χ3v) is 3.55. The number of hydrogen-bond acceptors (Lipinski definition) is 3. The summed E-state index contributed by atoms with van der Waals surface area (Å²) < 4.78 is 5.63. The van der Waals surface area contributed by atoms with E-state index in [1.807, 2.05) is 25.3 Å². The summed E-state index contributed by atoms with van der Waals surface area (Å²) in [4.78, 5) is 0. The van der Waals surface area contributed by atoms with E-state index in [-0.39, 0.29) is 11.5 Å². The number of fused-ring (bicyclic) bond motifs is 1. The van der Waals surface area contributed by atoms with Crippen molar-refractivity contribution in [3.05, 3.63) is 36.1 Å². The topological polar surface area (TPSA) is 51.2 Å². The van der Waals surface area contributed by atoms with E-state index in [0.29, 0.717) is 0 Å². The highest BCUT2D eigenvalue weighted by Gasteiger charge is 2.24. The van der Waals surface area contributed by atoms with Crippen LogP contribution in [0.4, 0.5) is 0 Å².